The molecule has 0 fully saturated rings. The van der Waals surface area contributed by atoms with Crippen LogP contribution in [0.25, 0.3) is 10.2 Å². The summed E-state index contributed by atoms with van der Waals surface area (Å²) in [4.78, 5) is 24.6. The number of benzene rings is 1. The summed E-state index contributed by atoms with van der Waals surface area (Å²) in [5, 5.41) is 2.80. The Morgan fingerprint density at radius 3 is 3.00 bits per heavy atom. The molecule has 0 saturated heterocycles. The summed E-state index contributed by atoms with van der Waals surface area (Å²) < 4.78 is 5.17. The van der Waals surface area contributed by atoms with E-state index in [1.165, 1.54) is 7.11 Å². The Morgan fingerprint density at radius 2 is 2.31 bits per heavy atom. The van der Waals surface area contributed by atoms with Crippen molar-refractivity contribution >= 4 is 44.9 Å². The number of halogens is 1. The quantitative estimate of drug-likeness (QED) is 0.825. The summed E-state index contributed by atoms with van der Waals surface area (Å²) in [5.41, 5.74) is 1.06. The number of H-pyrrole nitrogens is 1. The van der Waals surface area contributed by atoms with E-state index in [1.807, 2.05) is 0 Å². The van der Waals surface area contributed by atoms with Crippen LogP contribution in [0.2, 0.25) is 5.02 Å². The number of rotatable bonds is 1. The first-order chi connectivity index (χ1) is 7.60. The van der Waals surface area contributed by atoms with E-state index in [1.54, 1.807) is 12.1 Å². The highest BCUT2D eigenvalue weighted by Gasteiger charge is 2.09. The molecular formula is C9H7ClN2O3S. The number of carbonyl (C=O) groups is 1. The predicted octanol–water partition coefficient (Wildman–Crippen LogP) is 2.42. The maximum absolute atomic E-state index is 11.1. The van der Waals surface area contributed by atoms with Crippen LogP contribution in [0.4, 0.5) is 10.5 Å². The highest BCUT2D eigenvalue weighted by Crippen LogP contribution is 2.28. The minimum absolute atomic E-state index is 0.165. The number of hydrogen-bond donors (Lipinski definition) is 2. The van der Waals surface area contributed by atoms with Crippen LogP contribution in [0, 0.1) is 0 Å². The fraction of sp³-hybridized carbons (Fsp3) is 0.111. The van der Waals surface area contributed by atoms with E-state index < -0.39 is 6.09 Å². The van der Waals surface area contributed by atoms with E-state index in [4.69, 9.17) is 11.6 Å². The highest BCUT2D eigenvalue weighted by molar-refractivity contribution is 7.16. The Morgan fingerprint density at radius 1 is 1.56 bits per heavy atom. The van der Waals surface area contributed by atoms with Gasteiger partial charge < -0.3 is 9.72 Å². The minimum atomic E-state index is -0.607. The van der Waals surface area contributed by atoms with E-state index in [0.717, 1.165) is 16.0 Å². The normalized spacial score (nSPS) is 10.4. The number of thiazole rings is 1. The van der Waals surface area contributed by atoms with E-state index in [2.05, 4.69) is 15.0 Å². The third-order valence-corrected chi connectivity index (χ3v) is 3.09. The Labute approximate surface area is 99.0 Å². The third kappa shape index (κ3) is 2.02. The van der Waals surface area contributed by atoms with E-state index >= 15 is 0 Å². The maximum Gasteiger partial charge on any atom is 0.411 e. The molecule has 0 radical (unpaired) electrons. The first-order valence-corrected chi connectivity index (χ1v) is 5.47. The van der Waals surface area contributed by atoms with Crippen molar-refractivity contribution in [2.24, 2.45) is 0 Å². The topological polar surface area (TPSA) is 71.2 Å². The zero-order valence-corrected chi connectivity index (χ0v) is 9.74. The van der Waals surface area contributed by atoms with Gasteiger partial charge in [-0.05, 0) is 12.1 Å². The van der Waals surface area contributed by atoms with Crippen molar-refractivity contribution in [2.75, 3.05) is 12.4 Å². The Balaban J connectivity index is 2.49. The van der Waals surface area contributed by atoms with Crippen LogP contribution in [0.1, 0.15) is 0 Å². The zero-order valence-electron chi connectivity index (χ0n) is 8.17. The van der Waals surface area contributed by atoms with Gasteiger partial charge in [0.15, 0.2) is 0 Å². The molecule has 0 bridgehead atoms. The number of ether oxygens (including phenoxy) is 1. The van der Waals surface area contributed by atoms with Gasteiger partial charge in [-0.25, -0.2) is 4.79 Å². The molecule has 16 heavy (non-hydrogen) atoms. The molecule has 1 aromatic heterocycles. The molecule has 1 amide bonds. The number of amides is 1. The molecule has 0 atom stereocenters. The van der Waals surface area contributed by atoms with Gasteiger partial charge in [-0.3, -0.25) is 10.1 Å². The standard InChI is InChI=1S/C9H7ClN2O3S/c1-15-8(13)11-5-3-7-6(2-4(5)10)12-9(14)16-7/h2-3H,1H3,(H,11,13)(H,12,14). The first kappa shape index (κ1) is 11.0. The molecule has 2 aromatic rings. The second-order valence-corrected chi connectivity index (χ2v) is 4.38. The predicted molar refractivity (Wildman–Crippen MR) is 63.5 cm³/mol. The third-order valence-electron chi connectivity index (χ3n) is 1.93. The minimum Gasteiger partial charge on any atom is -0.453 e. The summed E-state index contributed by atoms with van der Waals surface area (Å²) in [5.74, 6) is 0. The van der Waals surface area contributed by atoms with Crippen molar-refractivity contribution in [2.45, 2.75) is 0 Å². The van der Waals surface area contributed by atoms with Gasteiger partial charge in [-0.1, -0.05) is 22.9 Å². The second kappa shape index (κ2) is 4.15. The lowest BCUT2D eigenvalue weighted by Crippen LogP contribution is -2.11. The number of fused-ring (bicyclic) bond motifs is 1. The van der Waals surface area contributed by atoms with E-state index in [9.17, 15) is 9.59 Å². The molecule has 0 aliphatic rings. The van der Waals surface area contributed by atoms with Crippen molar-refractivity contribution in [1.82, 2.24) is 4.98 Å². The number of anilines is 1. The number of carbonyl (C=O) groups excluding carboxylic acids is 1. The Bertz CT molecular complexity index is 604. The van der Waals surface area contributed by atoms with Crippen molar-refractivity contribution in [3.8, 4) is 0 Å². The summed E-state index contributed by atoms with van der Waals surface area (Å²) in [6, 6.07) is 3.21. The first-order valence-electron chi connectivity index (χ1n) is 4.27. The highest BCUT2D eigenvalue weighted by atomic mass is 35.5. The average Bonchev–Trinajstić information content (AvgIpc) is 2.58. The van der Waals surface area contributed by atoms with Gasteiger partial charge in [0.25, 0.3) is 0 Å². The van der Waals surface area contributed by atoms with E-state index in [0.29, 0.717) is 16.2 Å². The molecule has 0 spiro atoms. The van der Waals surface area contributed by atoms with Crippen LogP contribution >= 0.6 is 22.9 Å². The Kier molecular flexibility index (Phi) is 2.84. The van der Waals surface area contributed by atoms with Gasteiger partial charge in [0.05, 0.1) is 28.0 Å². The Hall–Kier alpha value is -1.53. The van der Waals surface area contributed by atoms with Crippen molar-refractivity contribution in [1.29, 1.82) is 0 Å². The summed E-state index contributed by atoms with van der Waals surface area (Å²) in [7, 11) is 1.26. The van der Waals surface area contributed by atoms with Crippen LogP contribution in [-0.2, 0) is 4.74 Å². The fourth-order valence-electron chi connectivity index (χ4n) is 1.23. The van der Waals surface area contributed by atoms with Gasteiger partial charge in [0.1, 0.15) is 0 Å². The molecule has 2 rings (SSSR count). The molecule has 7 heteroatoms. The molecule has 0 aliphatic carbocycles. The number of methoxy groups -OCH3 is 1. The van der Waals surface area contributed by atoms with Crippen molar-refractivity contribution < 1.29 is 9.53 Å². The molecule has 1 heterocycles. The van der Waals surface area contributed by atoms with Gasteiger partial charge in [0, 0.05) is 0 Å². The molecular weight excluding hydrogens is 252 g/mol. The molecule has 0 saturated carbocycles. The summed E-state index contributed by atoms with van der Waals surface area (Å²) in [6.45, 7) is 0. The van der Waals surface area contributed by atoms with Crippen LogP contribution in [0.15, 0.2) is 16.9 Å². The number of aromatic amines is 1. The average molecular weight is 259 g/mol. The molecule has 5 nitrogen and oxygen atoms in total. The monoisotopic (exact) mass is 258 g/mol. The lowest BCUT2D eigenvalue weighted by atomic mass is 10.3. The van der Waals surface area contributed by atoms with Crippen LogP contribution in [0.3, 0.4) is 0 Å². The lowest BCUT2D eigenvalue weighted by Gasteiger charge is -2.05. The van der Waals surface area contributed by atoms with Crippen LogP contribution in [0.5, 0.6) is 0 Å². The maximum atomic E-state index is 11.1. The van der Waals surface area contributed by atoms with Gasteiger partial charge in [-0.15, -0.1) is 0 Å². The van der Waals surface area contributed by atoms with Gasteiger partial charge in [-0.2, -0.15) is 0 Å². The largest absolute Gasteiger partial charge is 0.453 e. The molecule has 0 aliphatic heterocycles. The number of hydrogen-bond acceptors (Lipinski definition) is 4. The van der Waals surface area contributed by atoms with E-state index in [-0.39, 0.29) is 4.87 Å². The van der Waals surface area contributed by atoms with Crippen LogP contribution < -0.4 is 10.2 Å². The van der Waals surface area contributed by atoms with Crippen molar-refractivity contribution in [3.63, 3.8) is 0 Å². The van der Waals surface area contributed by atoms with Crippen LogP contribution in [-0.4, -0.2) is 18.2 Å². The molecule has 1 aromatic carbocycles. The van der Waals surface area contributed by atoms with Gasteiger partial charge in [0.2, 0.25) is 0 Å². The molecule has 2 N–H and O–H groups in total. The number of aromatic nitrogens is 1. The summed E-state index contributed by atoms with van der Waals surface area (Å²) >= 11 is 6.97. The SMILES string of the molecule is COC(=O)Nc1cc2sc(=O)[nH]c2cc1Cl. The van der Waals surface area contributed by atoms with Crippen molar-refractivity contribution in [3.05, 3.63) is 26.8 Å². The molecule has 0 unspecified atom stereocenters. The fourth-order valence-corrected chi connectivity index (χ4v) is 2.20. The van der Waals surface area contributed by atoms with Gasteiger partial charge >= 0.3 is 11.0 Å². The summed E-state index contributed by atoms with van der Waals surface area (Å²) in [6.07, 6.45) is -0.607. The number of nitrogens with one attached hydrogen (secondary N) is 2. The smallest absolute Gasteiger partial charge is 0.411 e. The lowest BCUT2D eigenvalue weighted by molar-refractivity contribution is 0.187. The molecule has 84 valence electrons. The second-order valence-electron chi connectivity index (χ2n) is 2.96. The zero-order chi connectivity index (χ0) is 11.7.